The van der Waals surface area contributed by atoms with E-state index < -0.39 is 6.10 Å². The highest BCUT2D eigenvalue weighted by molar-refractivity contribution is 5.71. The van der Waals surface area contributed by atoms with Crippen LogP contribution in [0.25, 0.3) is 0 Å². The fraction of sp³-hybridized carbons (Fsp3) is 0.804. The normalized spacial score (nSPS) is 12.4. The standard InChI is InChI=1S/C56H100O6/c1-4-7-10-13-16-19-22-23-24-25-26-27-28-29-30-31-32-33-35-37-40-43-46-49-55(58)61-52-53(51-60-54(57)48-45-42-39-36-21-18-15-12-9-6-3)62-56(59)50-47-44-41-38-34-20-17-14-11-8-5-2/h12,14-15,17,22-23,25-26,53H,4-11,13,16,18-21,24,27-52H2,1-3H3/b15-12-,17-14-,23-22-,26-25-. The Morgan fingerprint density at radius 3 is 1.02 bits per heavy atom. The molecular formula is C56H100O6. The average molecular weight is 869 g/mol. The van der Waals surface area contributed by atoms with E-state index >= 15 is 0 Å². The molecule has 6 nitrogen and oxygen atoms in total. The zero-order valence-corrected chi connectivity index (χ0v) is 41.1. The maximum Gasteiger partial charge on any atom is 0.306 e. The third-order valence-electron chi connectivity index (χ3n) is 11.5. The van der Waals surface area contributed by atoms with Crippen LogP contribution < -0.4 is 0 Å². The fourth-order valence-electron chi connectivity index (χ4n) is 7.46. The van der Waals surface area contributed by atoms with E-state index in [-0.39, 0.29) is 31.1 Å². The zero-order valence-electron chi connectivity index (χ0n) is 41.1. The Hall–Kier alpha value is -2.63. The molecule has 0 aliphatic heterocycles. The highest BCUT2D eigenvalue weighted by atomic mass is 16.6. The average Bonchev–Trinajstić information content (AvgIpc) is 3.27. The summed E-state index contributed by atoms with van der Waals surface area (Å²) in [7, 11) is 0. The smallest absolute Gasteiger partial charge is 0.306 e. The van der Waals surface area contributed by atoms with Gasteiger partial charge in [0.1, 0.15) is 13.2 Å². The summed E-state index contributed by atoms with van der Waals surface area (Å²) in [6.07, 6.45) is 61.1. The summed E-state index contributed by atoms with van der Waals surface area (Å²) < 4.78 is 16.7. The Morgan fingerprint density at radius 1 is 0.323 bits per heavy atom. The van der Waals surface area contributed by atoms with Crippen LogP contribution in [-0.4, -0.2) is 37.2 Å². The highest BCUT2D eigenvalue weighted by Gasteiger charge is 2.19. The topological polar surface area (TPSA) is 78.9 Å². The molecule has 0 aliphatic carbocycles. The summed E-state index contributed by atoms with van der Waals surface area (Å²) in [6.45, 7) is 6.52. The lowest BCUT2D eigenvalue weighted by atomic mass is 10.0. The molecule has 360 valence electrons. The van der Waals surface area contributed by atoms with Crippen molar-refractivity contribution in [2.75, 3.05) is 13.2 Å². The minimum absolute atomic E-state index is 0.0794. The lowest BCUT2D eigenvalue weighted by Crippen LogP contribution is -2.30. The summed E-state index contributed by atoms with van der Waals surface area (Å²) >= 11 is 0. The minimum Gasteiger partial charge on any atom is -0.462 e. The van der Waals surface area contributed by atoms with E-state index in [0.717, 1.165) is 89.9 Å². The van der Waals surface area contributed by atoms with Gasteiger partial charge in [0.15, 0.2) is 6.10 Å². The lowest BCUT2D eigenvalue weighted by Gasteiger charge is -2.18. The Kier molecular flexibility index (Phi) is 48.8. The van der Waals surface area contributed by atoms with Crippen LogP contribution >= 0.6 is 0 Å². The number of unbranched alkanes of at least 4 members (excludes halogenated alkanes) is 29. The van der Waals surface area contributed by atoms with Crippen LogP contribution in [0.4, 0.5) is 0 Å². The van der Waals surface area contributed by atoms with E-state index in [9.17, 15) is 14.4 Å². The number of rotatable bonds is 48. The number of hydrogen-bond acceptors (Lipinski definition) is 6. The molecule has 0 amide bonds. The molecule has 0 aromatic heterocycles. The SMILES string of the molecule is CCC/C=C\CCCCCCCC(=O)OCC(COC(=O)CCCCCCCCCCCCC/C=C\C/C=C\CCCCCCC)OC(=O)CCCCCCC/C=C\CCCC. The van der Waals surface area contributed by atoms with E-state index in [0.29, 0.717) is 19.3 Å². The molecule has 0 aromatic carbocycles. The highest BCUT2D eigenvalue weighted by Crippen LogP contribution is 2.15. The predicted octanol–water partition coefficient (Wildman–Crippen LogP) is 17.5. The summed E-state index contributed by atoms with van der Waals surface area (Å²) in [5, 5.41) is 0. The van der Waals surface area contributed by atoms with Gasteiger partial charge in [0.25, 0.3) is 0 Å². The molecule has 6 heteroatoms. The van der Waals surface area contributed by atoms with Crippen molar-refractivity contribution in [1.82, 2.24) is 0 Å². The second-order valence-corrected chi connectivity index (χ2v) is 17.8. The first kappa shape index (κ1) is 59.4. The summed E-state index contributed by atoms with van der Waals surface area (Å²) in [5.74, 6) is -0.897. The molecule has 0 rings (SSSR count). The van der Waals surface area contributed by atoms with Crippen molar-refractivity contribution in [2.45, 2.75) is 277 Å². The molecule has 0 heterocycles. The Morgan fingerprint density at radius 2 is 0.629 bits per heavy atom. The minimum atomic E-state index is -0.778. The van der Waals surface area contributed by atoms with Gasteiger partial charge in [-0.2, -0.15) is 0 Å². The number of carbonyl (C=O) groups is 3. The Labute approximate surface area is 384 Å². The van der Waals surface area contributed by atoms with E-state index in [1.807, 2.05) is 0 Å². The van der Waals surface area contributed by atoms with E-state index in [1.165, 1.54) is 141 Å². The molecule has 0 fully saturated rings. The van der Waals surface area contributed by atoms with Crippen molar-refractivity contribution >= 4 is 17.9 Å². The molecule has 62 heavy (non-hydrogen) atoms. The van der Waals surface area contributed by atoms with Crippen molar-refractivity contribution in [3.05, 3.63) is 48.6 Å². The van der Waals surface area contributed by atoms with Gasteiger partial charge >= 0.3 is 17.9 Å². The third kappa shape index (κ3) is 48.4. The van der Waals surface area contributed by atoms with Crippen LogP contribution in [0.3, 0.4) is 0 Å². The van der Waals surface area contributed by atoms with Crippen molar-refractivity contribution in [2.24, 2.45) is 0 Å². The largest absolute Gasteiger partial charge is 0.462 e. The maximum atomic E-state index is 12.7. The summed E-state index contributed by atoms with van der Waals surface area (Å²) in [4.78, 5) is 37.9. The first-order chi connectivity index (χ1) is 30.5. The number of ether oxygens (including phenoxy) is 3. The number of allylic oxidation sites excluding steroid dienone is 8. The Bertz CT molecular complexity index is 1090. The van der Waals surface area contributed by atoms with Crippen molar-refractivity contribution in [3.8, 4) is 0 Å². The van der Waals surface area contributed by atoms with Gasteiger partial charge in [-0.1, -0.05) is 211 Å². The quantitative estimate of drug-likeness (QED) is 0.0262. The van der Waals surface area contributed by atoms with Gasteiger partial charge in [-0.15, -0.1) is 0 Å². The molecule has 0 N–H and O–H groups in total. The molecule has 0 saturated heterocycles. The van der Waals surface area contributed by atoms with Gasteiger partial charge in [0, 0.05) is 19.3 Å². The Balaban J connectivity index is 4.21. The summed E-state index contributed by atoms with van der Waals surface area (Å²) in [6, 6.07) is 0. The molecule has 0 spiro atoms. The van der Waals surface area contributed by atoms with Crippen LogP contribution in [0.1, 0.15) is 271 Å². The maximum absolute atomic E-state index is 12.7. The van der Waals surface area contributed by atoms with Crippen LogP contribution in [0.2, 0.25) is 0 Å². The molecular weight excluding hydrogens is 769 g/mol. The molecule has 0 aromatic rings. The zero-order chi connectivity index (χ0) is 45.1. The lowest BCUT2D eigenvalue weighted by molar-refractivity contribution is -0.167. The second kappa shape index (κ2) is 51.0. The summed E-state index contributed by atoms with van der Waals surface area (Å²) in [5.41, 5.74) is 0. The number of esters is 3. The van der Waals surface area contributed by atoms with E-state index in [1.54, 1.807) is 0 Å². The van der Waals surface area contributed by atoms with Crippen LogP contribution in [0, 0.1) is 0 Å². The first-order valence-corrected chi connectivity index (χ1v) is 26.6. The van der Waals surface area contributed by atoms with Crippen molar-refractivity contribution < 1.29 is 28.6 Å². The molecule has 1 unspecified atom stereocenters. The van der Waals surface area contributed by atoms with Crippen LogP contribution in [-0.2, 0) is 28.6 Å². The van der Waals surface area contributed by atoms with E-state index in [4.69, 9.17) is 14.2 Å². The fourth-order valence-corrected chi connectivity index (χ4v) is 7.46. The van der Waals surface area contributed by atoms with Crippen LogP contribution in [0.5, 0.6) is 0 Å². The predicted molar refractivity (Wildman–Crippen MR) is 265 cm³/mol. The van der Waals surface area contributed by atoms with Crippen molar-refractivity contribution in [3.63, 3.8) is 0 Å². The molecule has 0 saturated carbocycles. The van der Waals surface area contributed by atoms with Gasteiger partial charge in [-0.05, 0) is 89.9 Å². The van der Waals surface area contributed by atoms with Gasteiger partial charge in [0.05, 0.1) is 0 Å². The van der Waals surface area contributed by atoms with Gasteiger partial charge in [0.2, 0.25) is 0 Å². The number of hydrogen-bond donors (Lipinski definition) is 0. The molecule has 0 radical (unpaired) electrons. The third-order valence-corrected chi connectivity index (χ3v) is 11.5. The second-order valence-electron chi connectivity index (χ2n) is 17.8. The number of carbonyl (C=O) groups excluding carboxylic acids is 3. The first-order valence-electron chi connectivity index (χ1n) is 26.6. The molecule has 1 atom stereocenters. The van der Waals surface area contributed by atoms with Crippen LogP contribution in [0.15, 0.2) is 48.6 Å². The van der Waals surface area contributed by atoms with Gasteiger partial charge < -0.3 is 14.2 Å². The van der Waals surface area contributed by atoms with E-state index in [2.05, 4.69) is 69.4 Å². The molecule has 0 bridgehead atoms. The van der Waals surface area contributed by atoms with Crippen molar-refractivity contribution in [1.29, 1.82) is 0 Å². The van der Waals surface area contributed by atoms with Gasteiger partial charge in [-0.25, -0.2) is 0 Å². The monoisotopic (exact) mass is 869 g/mol. The molecule has 0 aliphatic rings. The van der Waals surface area contributed by atoms with Gasteiger partial charge in [-0.3, -0.25) is 14.4 Å².